The molecule has 100 valence electrons. The van der Waals surface area contributed by atoms with Crippen LogP contribution >= 0.6 is 7.60 Å². The van der Waals surface area contributed by atoms with E-state index in [1.807, 2.05) is 0 Å². The lowest BCUT2D eigenvalue weighted by Crippen LogP contribution is -2.13. The van der Waals surface area contributed by atoms with Crippen molar-refractivity contribution < 1.29 is 18.7 Å². The molecule has 0 saturated heterocycles. The SMILES string of the molecule is O=P(O)(O)C(Nc1ncccn1)c1ccc(F)cc1. The maximum atomic E-state index is 12.8. The number of anilines is 1. The number of nitrogens with one attached hydrogen (secondary N) is 1. The van der Waals surface area contributed by atoms with E-state index in [-0.39, 0.29) is 11.5 Å². The molecule has 3 N–H and O–H groups in total. The van der Waals surface area contributed by atoms with Crippen molar-refractivity contribution in [2.24, 2.45) is 0 Å². The first-order valence-electron chi connectivity index (χ1n) is 5.31. The number of nitrogens with zero attached hydrogens (tertiary/aromatic N) is 2. The average Bonchev–Trinajstić information content (AvgIpc) is 2.37. The van der Waals surface area contributed by atoms with Crippen molar-refractivity contribution in [1.29, 1.82) is 0 Å². The van der Waals surface area contributed by atoms with Crippen LogP contribution in [0.25, 0.3) is 0 Å². The summed E-state index contributed by atoms with van der Waals surface area (Å²) in [6.45, 7) is 0. The van der Waals surface area contributed by atoms with Crippen LogP contribution in [0.3, 0.4) is 0 Å². The molecule has 2 rings (SSSR count). The number of benzene rings is 1. The molecule has 1 aromatic carbocycles. The lowest BCUT2D eigenvalue weighted by Gasteiger charge is -2.20. The normalized spacial score (nSPS) is 13.0. The van der Waals surface area contributed by atoms with Crippen LogP contribution in [-0.4, -0.2) is 19.8 Å². The second-order valence-corrected chi connectivity index (χ2v) is 5.45. The molecular weight excluding hydrogens is 272 g/mol. The predicted molar refractivity (Wildman–Crippen MR) is 66.8 cm³/mol. The third-order valence-corrected chi connectivity index (χ3v) is 3.45. The van der Waals surface area contributed by atoms with Crippen molar-refractivity contribution in [3.05, 3.63) is 54.1 Å². The summed E-state index contributed by atoms with van der Waals surface area (Å²) in [5, 5.41) is 2.55. The maximum Gasteiger partial charge on any atom is 0.352 e. The molecule has 0 radical (unpaired) electrons. The number of hydrogen-bond acceptors (Lipinski definition) is 4. The molecule has 0 spiro atoms. The van der Waals surface area contributed by atoms with Crippen LogP contribution in [0.4, 0.5) is 10.3 Å². The number of aromatic nitrogens is 2. The Kier molecular flexibility index (Phi) is 3.90. The van der Waals surface area contributed by atoms with Gasteiger partial charge in [0.2, 0.25) is 5.95 Å². The van der Waals surface area contributed by atoms with Crippen molar-refractivity contribution in [3.8, 4) is 0 Å². The highest BCUT2D eigenvalue weighted by Crippen LogP contribution is 2.51. The van der Waals surface area contributed by atoms with Crippen molar-refractivity contribution in [2.45, 2.75) is 5.78 Å². The van der Waals surface area contributed by atoms with E-state index >= 15 is 0 Å². The summed E-state index contributed by atoms with van der Waals surface area (Å²) in [7, 11) is -4.49. The van der Waals surface area contributed by atoms with Gasteiger partial charge in [-0.1, -0.05) is 12.1 Å². The topological polar surface area (TPSA) is 95.3 Å². The highest BCUT2D eigenvalue weighted by molar-refractivity contribution is 7.52. The first kappa shape index (κ1) is 13.6. The first-order valence-corrected chi connectivity index (χ1v) is 6.99. The molecule has 0 aliphatic heterocycles. The Hall–Kier alpha value is -1.82. The van der Waals surface area contributed by atoms with Crippen LogP contribution in [0, 0.1) is 5.82 Å². The van der Waals surface area contributed by atoms with Crippen LogP contribution in [0.15, 0.2) is 42.7 Å². The van der Waals surface area contributed by atoms with Gasteiger partial charge < -0.3 is 15.1 Å². The van der Waals surface area contributed by atoms with Gasteiger partial charge in [0.05, 0.1) is 0 Å². The zero-order chi connectivity index (χ0) is 13.9. The van der Waals surface area contributed by atoms with Crippen LogP contribution in [0.5, 0.6) is 0 Å². The lowest BCUT2D eigenvalue weighted by molar-refractivity contribution is 0.362. The number of hydrogen-bond donors (Lipinski definition) is 3. The smallest absolute Gasteiger partial charge is 0.336 e. The Balaban J connectivity index is 2.32. The summed E-state index contributed by atoms with van der Waals surface area (Å²) in [5.41, 5.74) is 0.252. The van der Waals surface area contributed by atoms with Gasteiger partial charge in [-0.3, -0.25) is 4.57 Å². The minimum atomic E-state index is -4.49. The lowest BCUT2D eigenvalue weighted by atomic mass is 10.2. The van der Waals surface area contributed by atoms with Gasteiger partial charge in [-0.2, -0.15) is 0 Å². The number of rotatable bonds is 4. The van der Waals surface area contributed by atoms with E-state index in [1.54, 1.807) is 6.07 Å². The quantitative estimate of drug-likeness (QED) is 0.742. The highest BCUT2D eigenvalue weighted by Gasteiger charge is 2.31. The highest BCUT2D eigenvalue weighted by atomic mass is 31.2. The van der Waals surface area contributed by atoms with Gasteiger partial charge in [-0.05, 0) is 23.8 Å². The molecule has 0 aliphatic rings. The van der Waals surface area contributed by atoms with Crippen molar-refractivity contribution in [2.75, 3.05) is 5.32 Å². The van der Waals surface area contributed by atoms with E-state index in [4.69, 9.17) is 0 Å². The Bertz CT molecular complexity index is 588. The number of halogens is 1. The fourth-order valence-corrected chi connectivity index (χ4v) is 2.35. The predicted octanol–water partition coefficient (Wildman–Crippen LogP) is 1.90. The summed E-state index contributed by atoms with van der Waals surface area (Å²) >= 11 is 0. The van der Waals surface area contributed by atoms with E-state index in [1.165, 1.54) is 24.5 Å². The molecule has 0 amide bonds. The second kappa shape index (κ2) is 5.44. The molecule has 2 aromatic rings. The van der Waals surface area contributed by atoms with E-state index in [9.17, 15) is 18.7 Å². The molecule has 0 bridgehead atoms. The van der Waals surface area contributed by atoms with Crippen molar-refractivity contribution >= 4 is 13.5 Å². The molecule has 0 aliphatic carbocycles. The molecular formula is C11H11FN3O3P. The molecule has 1 aromatic heterocycles. The summed E-state index contributed by atoms with van der Waals surface area (Å²) in [5.74, 6) is -1.72. The third-order valence-electron chi connectivity index (χ3n) is 2.35. The van der Waals surface area contributed by atoms with E-state index in [2.05, 4.69) is 15.3 Å². The fourth-order valence-electron chi connectivity index (χ4n) is 1.50. The van der Waals surface area contributed by atoms with Gasteiger partial charge in [-0.15, -0.1) is 0 Å². The third kappa shape index (κ3) is 3.57. The van der Waals surface area contributed by atoms with Gasteiger partial charge >= 0.3 is 7.60 Å². The van der Waals surface area contributed by atoms with Gasteiger partial charge in [0.1, 0.15) is 5.82 Å². The Morgan fingerprint density at radius 3 is 2.26 bits per heavy atom. The van der Waals surface area contributed by atoms with E-state index in [0.29, 0.717) is 0 Å². The molecule has 6 nitrogen and oxygen atoms in total. The summed E-state index contributed by atoms with van der Waals surface area (Å²) < 4.78 is 24.3. The fraction of sp³-hybridized carbons (Fsp3) is 0.0909. The Labute approximate surface area is 108 Å². The van der Waals surface area contributed by atoms with Crippen molar-refractivity contribution in [1.82, 2.24) is 9.97 Å². The van der Waals surface area contributed by atoms with Crippen LogP contribution in [0.2, 0.25) is 0 Å². The zero-order valence-electron chi connectivity index (χ0n) is 9.64. The van der Waals surface area contributed by atoms with Crippen LogP contribution < -0.4 is 5.32 Å². The largest absolute Gasteiger partial charge is 0.352 e. The van der Waals surface area contributed by atoms with Gasteiger partial charge in [0.25, 0.3) is 0 Å². The molecule has 1 atom stereocenters. The maximum absolute atomic E-state index is 12.8. The molecule has 1 unspecified atom stereocenters. The molecule has 0 saturated carbocycles. The van der Waals surface area contributed by atoms with E-state index < -0.39 is 19.2 Å². The summed E-state index contributed by atoms with van der Waals surface area (Å²) in [6, 6.07) is 6.44. The zero-order valence-corrected chi connectivity index (χ0v) is 10.5. The van der Waals surface area contributed by atoms with Gasteiger partial charge in [0, 0.05) is 12.4 Å². The minimum Gasteiger partial charge on any atom is -0.336 e. The van der Waals surface area contributed by atoms with Crippen LogP contribution in [-0.2, 0) is 4.57 Å². The van der Waals surface area contributed by atoms with Gasteiger partial charge in [0.15, 0.2) is 5.78 Å². The average molecular weight is 283 g/mol. The van der Waals surface area contributed by atoms with Crippen LogP contribution in [0.1, 0.15) is 11.3 Å². The molecule has 0 fully saturated rings. The summed E-state index contributed by atoms with van der Waals surface area (Å²) in [4.78, 5) is 26.4. The molecule has 1 heterocycles. The summed E-state index contributed by atoms with van der Waals surface area (Å²) in [6.07, 6.45) is 2.88. The standard InChI is InChI=1S/C11H11FN3O3P/c12-9-4-2-8(3-5-9)10(19(16,17)18)15-11-13-6-1-7-14-11/h1-7,10H,(H,13,14,15)(H2,16,17,18). The van der Waals surface area contributed by atoms with Crippen molar-refractivity contribution in [3.63, 3.8) is 0 Å². The minimum absolute atomic E-state index is 0.0835. The first-order chi connectivity index (χ1) is 8.97. The monoisotopic (exact) mass is 283 g/mol. The van der Waals surface area contributed by atoms with E-state index in [0.717, 1.165) is 12.1 Å². The second-order valence-electron chi connectivity index (χ2n) is 3.76. The Morgan fingerprint density at radius 1 is 1.16 bits per heavy atom. The Morgan fingerprint density at radius 2 is 1.74 bits per heavy atom. The molecule has 8 heteroatoms. The van der Waals surface area contributed by atoms with Gasteiger partial charge in [-0.25, -0.2) is 14.4 Å². The molecule has 19 heavy (non-hydrogen) atoms.